The van der Waals surface area contributed by atoms with Crippen molar-refractivity contribution in [1.29, 1.82) is 0 Å². The molecule has 4 nitrogen and oxygen atoms in total. The minimum Gasteiger partial charge on any atom is -0.478 e. The lowest BCUT2D eigenvalue weighted by molar-refractivity contribution is 0.0697. The van der Waals surface area contributed by atoms with Crippen molar-refractivity contribution in [3.63, 3.8) is 0 Å². The molecule has 0 saturated heterocycles. The number of aryl methyl sites for hydroxylation is 3. The van der Waals surface area contributed by atoms with Gasteiger partial charge in [0, 0.05) is 17.1 Å². The second-order valence-corrected chi connectivity index (χ2v) is 5.33. The Hall–Kier alpha value is -2.36. The van der Waals surface area contributed by atoms with Crippen LogP contribution >= 0.6 is 0 Å². The number of aromatic nitrogens is 1. The summed E-state index contributed by atoms with van der Waals surface area (Å²) in [6.45, 7) is 8.17. The Morgan fingerprint density at radius 1 is 1.19 bits per heavy atom. The summed E-state index contributed by atoms with van der Waals surface area (Å²) in [6.07, 6.45) is 0. The fourth-order valence-electron chi connectivity index (χ4n) is 2.72. The van der Waals surface area contributed by atoms with Crippen LogP contribution in [-0.4, -0.2) is 16.1 Å². The Labute approximate surface area is 124 Å². The van der Waals surface area contributed by atoms with Crippen molar-refractivity contribution in [2.45, 2.75) is 33.7 Å². The zero-order chi connectivity index (χ0) is 15.6. The molecule has 0 radical (unpaired) electrons. The van der Waals surface area contributed by atoms with Gasteiger partial charge in [0.15, 0.2) is 0 Å². The van der Waals surface area contributed by atoms with Gasteiger partial charge >= 0.3 is 5.97 Å². The number of hydrogen-bond acceptors (Lipinski definition) is 3. The molecule has 2 N–H and O–H groups in total. The van der Waals surface area contributed by atoms with E-state index in [1.807, 2.05) is 13.8 Å². The third-order valence-electron chi connectivity index (χ3n) is 3.53. The highest BCUT2D eigenvalue weighted by atomic mass is 16.4. The average Bonchev–Trinajstić information content (AvgIpc) is 2.37. The smallest absolute Gasteiger partial charge is 0.335 e. The zero-order valence-corrected chi connectivity index (χ0v) is 12.8. The molecule has 1 aromatic heterocycles. The summed E-state index contributed by atoms with van der Waals surface area (Å²) < 4.78 is 0. The molecule has 2 aromatic rings. The normalized spacial score (nSPS) is 12.0. The first-order valence-electron chi connectivity index (χ1n) is 6.93. The van der Waals surface area contributed by atoms with E-state index in [1.54, 1.807) is 24.3 Å². The molecule has 4 heteroatoms. The molecule has 0 aliphatic rings. The number of aromatic carboxylic acids is 1. The molecule has 0 bridgehead atoms. The van der Waals surface area contributed by atoms with Gasteiger partial charge in [0.05, 0.1) is 11.6 Å². The molecule has 1 aromatic carbocycles. The van der Waals surface area contributed by atoms with Crippen molar-refractivity contribution < 1.29 is 9.90 Å². The number of pyridine rings is 1. The highest BCUT2D eigenvalue weighted by molar-refractivity contribution is 5.88. The standard InChI is InChI=1S/C17H20N2O2/c1-10-9-11(2)18-12(3)16(10)13(4)19-15-7-5-14(6-8-15)17(20)21/h5-9,13,19H,1-4H3,(H,20,21). The molecule has 110 valence electrons. The van der Waals surface area contributed by atoms with Crippen molar-refractivity contribution in [3.05, 3.63) is 58.4 Å². The second kappa shape index (κ2) is 5.95. The predicted molar refractivity (Wildman–Crippen MR) is 83.9 cm³/mol. The van der Waals surface area contributed by atoms with Gasteiger partial charge in [-0.05, 0) is 69.2 Å². The van der Waals surface area contributed by atoms with Crippen LogP contribution in [0.15, 0.2) is 30.3 Å². The summed E-state index contributed by atoms with van der Waals surface area (Å²) in [4.78, 5) is 15.4. The average molecular weight is 284 g/mol. The van der Waals surface area contributed by atoms with Gasteiger partial charge in [0.25, 0.3) is 0 Å². The van der Waals surface area contributed by atoms with E-state index in [1.165, 1.54) is 11.1 Å². The third kappa shape index (κ3) is 3.40. The summed E-state index contributed by atoms with van der Waals surface area (Å²) in [5.74, 6) is -0.913. The first kappa shape index (κ1) is 15.0. The lowest BCUT2D eigenvalue weighted by Crippen LogP contribution is -2.11. The van der Waals surface area contributed by atoms with Gasteiger partial charge in [-0.15, -0.1) is 0 Å². The molecule has 1 atom stereocenters. The molecule has 0 aliphatic carbocycles. The van der Waals surface area contributed by atoms with Gasteiger partial charge in [-0.25, -0.2) is 4.79 Å². The van der Waals surface area contributed by atoms with Crippen LogP contribution in [0.4, 0.5) is 5.69 Å². The highest BCUT2D eigenvalue weighted by Gasteiger charge is 2.13. The van der Waals surface area contributed by atoms with Crippen LogP contribution < -0.4 is 5.32 Å². The topological polar surface area (TPSA) is 62.2 Å². The number of hydrogen-bond donors (Lipinski definition) is 2. The van der Waals surface area contributed by atoms with Gasteiger partial charge in [0.2, 0.25) is 0 Å². The first-order valence-corrected chi connectivity index (χ1v) is 6.93. The second-order valence-electron chi connectivity index (χ2n) is 5.33. The van der Waals surface area contributed by atoms with E-state index < -0.39 is 5.97 Å². The van der Waals surface area contributed by atoms with Gasteiger partial charge < -0.3 is 10.4 Å². The van der Waals surface area contributed by atoms with Crippen LogP contribution in [-0.2, 0) is 0 Å². The lowest BCUT2D eigenvalue weighted by atomic mass is 10.00. The number of carboxylic acids is 1. The molecule has 21 heavy (non-hydrogen) atoms. The van der Waals surface area contributed by atoms with Crippen LogP contribution in [0.1, 0.15) is 45.8 Å². The minimum atomic E-state index is -0.913. The maximum absolute atomic E-state index is 10.8. The Kier molecular flexibility index (Phi) is 4.26. The Morgan fingerprint density at radius 2 is 1.81 bits per heavy atom. The van der Waals surface area contributed by atoms with Gasteiger partial charge in [-0.1, -0.05) is 0 Å². The summed E-state index contributed by atoms with van der Waals surface area (Å²) in [6, 6.07) is 8.95. The molecular formula is C17H20N2O2. The molecule has 0 spiro atoms. The Balaban J connectivity index is 2.22. The largest absolute Gasteiger partial charge is 0.478 e. The minimum absolute atomic E-state index is 0.105. The summed E-state index contributed by atoms with van der Waals surface area (Å²) in [5.41, 5.74) is 5.62. The number of nitrogens with one attached hydrogen (secondary N) is 1. The molecule has 0 fully saturated rings. The fraction of sp³-hybridized carbons (Fsp3) is 0.294. The number of carbonyl (C=O) groups is 1. The van der Waals surface area contributed by atoms with Crippen molar-refractivity contribution in [2.75, 3.05) is 5.32 Å². The van der Waals surface area contributed by atoms with E-state index in [0.717, 1.165) is 17.1 Å². The molecule has 2 rings (SSSR count). The molecule has 0 amide bonds. The van der Waals surface area contributed by atoms with Crippen LogP contribution in [0.25, 0.3) is 0 Å². The van der Waals surface area contributed by atoms with Gasteiger partial charge in [0.1, 0.15) is 0 Å². The zero-order valence-electron chi connectivity index (χ0n) is 12.8. The van der Waals surface area contributed by atoms with E-state index in [9.17, 15) is 4.79 Å². The number of anilines is 1. The van der Waals surface area contributed by atoms with Crippen molar-refractivity contribution in [2.24, 2.45) is 0 Å². The summed E-state index contributed by atoms with van der Waals surface area (Å²) in [7, 11) is 0. The monoisotopic (exact) mass is 284 g/mol. The molecule has 0 aliphatic heterocycles. The summed E-state index contributed by atoms with van der Waals surface area (Å²) in [5, 5.41) is 12.3. The number of carboxylic acid groups (broad SMARTS) is 1. The van der Waals surface area contributed by atoms with Gasteiger partial charge in [-0.2, -0.15) is 0 Å². The first-order chi connectivity index (χ1) is 9.88. The highest BCUT2D eigenvalue weighted by Crippen LogP contribution is 2.25. The fourth-order valence-corrected chi connectivity index (χ4v) is 2.72. The SMILES string of the molecule is Cc1cc(C)c(C(C)Nc2ccc(C(=O)O)cc2)c(C)n1. The number of benzene rings is 1. The maximum Gasteiger partial charge on any atom is 0.335 e. The number of rotatable bonds is 4. The van der Waals surface area contributed by atoms with E-state index in [2.05, 4.69) is 30.2 Å². The molecule has 0 saturated carbocycles. The van der Waals surface area contributed by atoms with Crippen LogP contribution in [0.5, 0.6) is 0 Å². The van der Waals surface area contributed by atoms with E-state index >= 15 is 0 Å². The van der Waals surface area contributed by atoms with Crippen molar-refractivity contribution in [3.8, 4) is 0 Å². The lowest BCUT2D eigenvalue weighted by Gasteiger charge is -2.20. The number of nitrogens with zero attached hydrogens (tertiary/aromatic N) is 1. The van der Waals surface area contributed by atoms with E-state index in [-0.39, 0.29) is 11.6 Å². The van der Waals surface area contributed by atoms with Gasteiger partial charge in [-0.3, -0.25) is 4.98 Å². The van der Waals surface area contributed by atoms with Crippen LogP contribution in [0, 0.1) is 20.8 Å². The quantitative estimate of drug-likeness (QED) is 0.894. The van der Waals surface area contributed by atoms with Crippen molar-refractivity contribution in [1.82, 2.24) is 4.98 Å². The van der Waals surface area contributed by atoms with Crippen molar-refractivity contribution >= 4 is 11.7 Å². The maximum atomic E-state index is 10.8. The Morgan fingerprint density at radius 3 is 2.33 bits per heavy atom. The van der Waals surface area contributed by atoms with Crippen LogP contribution in [0.2, 0.25) is 0 Å². The predicted octanol–water partition coefficient (Wildman–Crippen LogP) is 3.88. The van der Waals surface area contributed by atoms with E-state index in [4.69, 9.17) is 5.11 Å². The molecular weight excluding hydrogens is 264 g/mol. The van der Waals surface area contributed by atoms with Crippen LogP contribution in [0.3, 0.4) is 0 Å². The van der Waals surface area contributed by atoms with E-state index in [0.29, 0.717) is 0 Å². The molecule has 1 heterocycles. The Bertz CT molecular complexity index is 640. The third-order valence-corrected chi connectivity index (χ3v) is 3.53. The molecule has 1 unspecified atom stereocenters. The summed E-state index contributed by atoms with van der Waals surface area (Å²) >= 11 is 0.